The fourth-order valence-corrected chi connectivity index (χ4v) is 3.05. The highest BCUT2D eigenvalue weighted by Gasteiger charge is 2.20. The number of hydrogen-bond acceptors (Lipinski definition) is 4. The summed E-state index contributed by atoms with van der Waals surface area (Å²) in [5.41, 5.74) is 0.762. The second kappa shape index (κ2) is 10.7. The molecule has 1 aromatic rings. The molecule has 1 unspecified atom stereocenters. The summed E-state index contributed by atoms with van der Waals surface area (Å²) in [5, 5.41) is 6.22. The Labute approximate surface area is 155 Å². The average molecular weight is 381 g/mol. The van der Waals surface area contributed by atoms with E-state index >= 15 is 0 Å². The van der Waals surface area contributed by atoms with Gasteiger partial charge in [-0.05, 0) is 24.0 Å². The highest BCUT2D eigenvalue weighted by atomic mass is 32.2. The highest BCUT2D eigenvalue weighted by molar-refractivity contribution is 7.92. The molecule has 7 nitrogen and oxygen atoms in total. The van der Waals surface area contributed by atoms with Crippen molar-refractivity contribution in [3.63, 3.8) is 0 Å². The summed E-state index contributed by atoms with van der Waals surface area (Å²) >= 11 is 0. The molecule has 1 aromatic carbocycles. The average Bonchev–Trinajstić information content (AvgIpc) is 2.59. The summed E-state index contributed by atoms with van der Waals surface area (Å²) in [7, 11) is -2.12. The lowest BCUT2D eigenvalue weighted by Gasteiger charge is -2.19. The van der Waals surface area contributed by atoms with Crippen molar-refractivity contribution in [1.29, 1.82) is 0 Å². The van der Waals surface area contributed by atoms with E-state index in [-0.39, 0.29) is 30.7 Å². The van der Waals surface area contributed by atoms with Crippen LogP contribution in [0.15, 0.2) is 35.7 Å². The van der Waals surface area contributed by atoms with Gasteiger partial charge in [0, 0.05) is 25.4 Å². The van der Waals surface area contributed by atoms with E-state index in [1.165, 1.54) is 13.1 Å². The van der Waals surface area contributed by atoms with E-state index in [0.29, 0.717) is 6.42 Å². The van der Waals surface area contributed by atoms with Gasteiger partial charge in [0.2, 0.25) is 21.8 Å². The fraction of sp³-hybridized carbons (Fsp3) is 0.444. The molecule has 0 radical (unpaired) electrons. The minimum atomic E-state index is -3.63. The van der Waals surface area contributed by atoms with Crippen LogP contribution in [0.1, 0.15) is 32.3 Å². The maximum Gasteiger partial charge on any atom is 0.242 e. The Hall–Kier alpha value is -2.19. The topological polar surface area (TPSA) is 104 Å². The molecule has 3 N–H and O–H groups in total. The Morgan fingerprint density at radius 3 is 2.38 bits per heavy atom. The van der Waals surface area contributed by atoms with Gasteiger partial charge in [-0.25, -0.2) is 13.1 Å². The van der Waals surface area contributed by atoms with Crippen LogP contribution in [0, 0.1) is 5.92 Å². The minimum absolute atomic E-state index is 0.0462. The molecule has 0 fully saturated rings. The van der Waals surface area contributed by atoms with Crippen molar-refractivity contribution in [2.75, 3.05) is 13.6 Å². The van der Waals surface area contributed by atoms with Crippen LogP contribution in [0.3, 0.4) is 0 Å². The molecule has 0 bridgehead atoms. The standard InChI is InChI=1S/C18H27N3O4S/c1-14(2)13-16(18(23)19-3)21-17(22)9-11-20-26(24,25)12-10-15-7-5-4-6-8-15/h4-8,10,12,14,16,20H,9,11,13H2,1-3H3,(H,19,23)(H,21,22)/b12-10+. The summed E-state index contributed by atoms with van der Waals surface area (Å²) < 4.78 is 26.2. The maximum absolute atomic E-state index is 12.0. The van der Waals surface area contributed by atoms with E-state index < -0.39 is 16.1 Å². The van der Waals surface area contributed by atoms with E-state index in [2.05, 4.69) is 15.4 Å². The summed E-state index contributed by atoms with van der Waals surface area (Å²) in [6, 6.07) is 8.41. The summed E-state index contributed by atoms with van der Waals surface area (Å²) in [4.78, 5) is 23.8. The lowest BCUT2D eigenvalue weighted by Crippen LogP contribution is -2.47. The van der Waals surface area contributed by atoms with E-state index in [1.807, 2.05) is 32.0 Å². The summed E-state index contributed by atoms with van der Waals surface area (Å²) in [5.74, 6) is -0.411. The van der Waals surface area contributed by atoms with Crippen molar-refractivity contribution < 1.29 is 18.0 Å². The van der Waals surface area contributed by atoms with Crippen LogP contribution in [0.25, 0.3) is 6.08 Å². The van der Waals surface area contributed by atoms with Gasteiger partial charge in [-0.2, -0.15) is 0 Å². The Morgan fingerprint density at radius 2 is 1.81 bits per heavy atom. The van der Waals surface area contributed by atoms with Gasteiger partial charge in [-0.15, -0.1) is 0 Å². The molecule has 0 saturated heterocycles. The largest absolute Gasteiger partial charge is 0.357 e. The van der Waals surface area contributed by atoms with Gasteiger partial charge in [-0.1, -0.05) is 44.2 Å². The predicted molar refractivity (Wildman–Crippen MR) is 102 cm³/mol. The highest BCUT2D eigenvalue weighted by Crippen LogP contribution is 2.05. The van der Waals surface area contributed by atoms with Crippen molar-refractivity contribution in [2.24, 2.45) is 5.92 Å². The quantitative estimate of drug-likeness (QED) is 0.567. The van der Waals surface area contributed by atoms with Crippen molar-refractivity contribution in [3.8, 4) is 0 Å². The number of hydrogen-bond donors (Lipinski definition) is 3. The fourth-order valence-electron chi connectivity index (χ4n) is 2.23. The predicted octanol–water partition coefficient (Wildman–Crippen LogP) is 1.24. The van der Waals surface area contributed by atoms with Crippen molar-refractivity contribution in [3.05, 3.63) is 41.3 Å². The summed E-state index contributed by atoms with van der Waals surface area (Å²) in [6.07, 6.45) is 1.94. The molecular formula is C18H27N3O4S. The third kappa shape index (κ3) is 8.77. The molecule has 2 amide bonds. The number of likely N-dealkylation sites (N-methyl/N-ethyl adjacent to an activating group) is 1. The molecular weight excluding hydrogens is 354 g/mol. The number of nitrogens with one attached hydrogen (secondary N) is 3. The first kappa shape index (κ1) is 21.9. The van der Waals surface area contributed by atoms with Crippen LogP contribution in [-0.2, 0) is 19.6 Å². The number of rotatable bonds is 10. The molecule has 0 aliphatic rings. The van der Waals surface area contributed by atoms with Gasteiger partial charge in [-0.3, -0.25) is 9.59 Å². The van der Waals surface area contributed by atoms with Gasteiger partial charge in [0.1, 0.15) is 6.04 Å². The molecule has 0 saturated carbocycles. The van der Waals surface area contributed by atoms with Crippen molar-refractivity contribution >= 4 is 27.9 Å². The molecule has 1 atom stereocenters. The number of carbonyl (C=O) groups excluding carboxylic acids is 2. The third-order valence-corrected chi connectivity index (χ3v) is 4.60. The SMILES string of the molecule is CNC(=O)C(CC(C)C)NC(=O)CCNS(=O)(=O)/C=C/c1ccccc1. The minimum Gasteiger partial charge on any atom is -0.357 e. The van der Waals surface area contributed by atoms with Crippen LogP contribution in [0.2, 0.25) is 0 Å². The van der Waals surface area contributed by atoms with Crippen LogP contribution in [0.5, 0.6) is 0 Å². The van der Waals surface area contributed by atoms with Gasteiger partial charge in [0.15, 0.2) is 0 Å². The van der Waals surface area contributed by atoms with Crippen LogP contribution < -0.4 is 15.4 Å². The third-order valence-electron chi connectivity index (χ3n) is 3.50. The molecule has 26 heavy (non-hydrogen) atoms. The zero-order chi connectivity index (χ0) is 19.6. The van der Waals surface area contributed by atoms with Crippen molar-refractivity contribution in [2.45, 2.75) is 32.7 Å². The van der Waals surface area contributed by atoms with E-state index in [9.17, 15) is 18.0 Å². The Balaban J connectivity index is 2.48. The van der Waals surface area contributed by atoms with E-state index in [0.717, 1.165) is 11.0 Å². The van der Waals surface area contributed by atoms with E-state index in [4.69, 9.17) is 0 Å². The first-order chi connectivity index (χ1) is 12.2. The normalized spacial score (nSPS) is 12.9. The smallest absolute Gasteiger partial charge is 0.242 e. The van der Waals surface area contributed by atoms with Gasteiger partial charge in [0.05, 0.1) is 0 Å². The number of carbonyl (C=O) groups is 2. The summed E-state index contributed by atoms with van der Waals surface area (Å²) in [6.45, 7) is 3.86. The monoisotopic (exact) mass is 381 g/mol. The van der Waals surface area contributed by atoms with Crippen LogP contribution in [0.4, 0.5) is 0 Å². The Bertz CT molecular complexity index is 715. The molecule has 1 rings (SSSR count). The number of sulfonamides is 1. The second-order valence-electron chi connectivity index (χ2n) is 6.27. The van der Waals surface area contributed by atoms with Gasteiger partial charge < -0.3 is 10.6 Å². The molecule has 144 valence electrons. The lowest BCUT2D eigenvalue weighted by atomic mass is 10.0. The van der Waals surface area contributed by atoms with Crippen LogP contribution >= 0.6 is 0 Å². The van der Waals surface area contributed by atoms with Crippen molar-refractivity contribution in [1.82, 2.24) is 15.4 Å². The Kier molecular flexibility index (Phi) is 9.01. The lowest BCUT2D eigenvalue weighted by molar-refractivity contribution is -0.129. The molecule has 0 aliphatic heterocycles. The first-order valence-electron chi connectivity index (χ1n) is 8.47. The molecule has 0 heterocycles. The number of benzene rings is 1. The first-order valence-corrected chi connectivity index (χ1v) is 10.0. The Morgan fingerprint density at radius 1 is 1.15 bits per heavy atom. The van der Waals surface area contributed by atoms with Gasteiger partial charge >= 0.3 is 0 Å². The molecule has 8 heteroatoms. The van der Waals surface area contributed by atoms with Crippen LogP contribution in [-0.4, -0.2) is 39.9 Å². The number of amides is 2. The zero-order valence-electron chi connectivity index (χ0n) is 15.4. The van der Waals surface area contributed by atoms with Gasteiger partial charge in [0.25, 0.3) is 0 Å². The molecule has 0 aromatic heterocycles. The maximum atomic E-state index is 12.0. The zero-order valence-corrected chi connectivity index (χ0v) is 16.2. The molecule has 0 aliphatic carbocycles. The van der Waals surface area contributed by atoms with E-state index in [1.54, 1.807) is 12.1 Å². The molecule has 0 spiro atoms. The second-order valence-corrected chi connectivity index (χ2v) is 7.92.